The summed E-state index contributed by atoms with van der Waals surface area (Å²) >= 11 is 0. The summed E-state index contributed by atoms with van der Waals surface area (Å²) in [4.78, 5) is 0. The maximum atomic E-state index is 5.55. The first-order chi connectivity index (χ1) is 6.43. The minimum atomic E-state index is 0.851. The van der Waals surface area contributed by atoms with Gasteiger partial charge in [0.1, 0.15) is 5.75 Å². The maximum absolute atomic E-state index is 5.55. The van der Waals surface area contributed by atoms with Crippen LogP contribution in [0.15, 0.2) is 30.3 Å². The van der Waals surface area contributed by atoms with E-state index >= 15 is 0 Å². The Morgan fingerprint density at radius 1 is 1.00 bits per heavy atom. The van der Waals surface area contributed by atoms with Crippen LogP contribution in [-0.4, -0.2) is 6.61 Å². The number of rotatable bonds is 6. The van der Waals surface area contributed by atoms with E-state index in [2.05, 4.69) is 6.92 Å². The van der Waals surface area contributed by atoms with Crippen LogP contribution in [0, 0.1) is 0 Å². The van der Waals surface area contributed by atoms with Gasteiger partial charge in [-0.05, 0) is 18.6 Å². The fourth-order valence-electron chi connectivity index (χ4n) is 1.24. The Bertz CT molecular complexity index is 206. The van der Waals surface area contributed by atoms with Crippen LogP contribution in [0.1, 0.15) is 32.6 Å². The van der Waals surface area contributed by atoms with Crippen molar-refractivity contribution in [3.8, 4) is 5.75 Å². The summed E-state index contributed by atoms with van der Waals surface area (Å²) in [7, 11) is 0. The van der Waals surface area contributed by atoms with Crippen molar-refractivity contribution in [1.82, 2.24) is 0 Å². The molecule has 0 saturated carbocycles. The van der Waals surface area contributed by atoms with Crippen molar-refractivity contribution in [3.05, 3.63) is 30.3 Å². The molecule has 0 atom stereocenters. The molecule has 1 heteroatoms. The van der Waals surface area contributed by atoms with Crippen LogP contribution in [0.25, 0.3) is 0 Å². The highest BCUT2D eigenvalue weighted by molar-refractivity contribution is 5.20. The summed E-state index contributed by atoms with van der Waals surface area (Å²) in [5.41, 5.74) is 0. The molecular formula is C12H18O. The molecule has 0 aliphatic heterocycles. The third-order valence-electron chi connectivity index (χ3n) is 2.01. The van der Waals surface area contributed by atoms with Crippen LogP contribution in [0.2, 0.25) is 0 Å². The van der Waals surface area contributed by atoms with E-state index < -0.39 is 0 Å². The standard InChI is InChI=1S/C12H18O/c1-2-3-4-8-11-13-12-9-6-5-7-10-12/h5-7,9-10H,2-4,8,11H2,1H3. The number of ether oxygens (including phenoxy) is 1. The van der Waals surface area contributed by atoms with Crippen molar-refractivity contribution < 1.29 is 4.74 Å². The lowest BCUT2D eigenvalue weighted by Crippen LogP contribution is -1.96. The number of benzene rings is 1. The molecule has 0 aliphatic rings. The zero-order valence-electron chi connectivity index (χ0n) is 8.33. The molecule has 0 bridgehead atoms. The van der Waals surface area contributed by atoms with Crippen molar-refractivity contribution in [1.29, 1.82) is 0 Å². The van der Waals surface area contributed by atoms with Gasteiger partial charge >= 0.3 is 0 Å². The average Bonchev–Trinajstić information content (AvgIpc) is 2.19. The second kappa shape index (κ2) is 6.53. The summed E-state index contributed by atoms with van der Waals surface area (Å²) in [6.45, 7) is 3.07. The summed E-state index contributed by atoms with van der Waals surface area (Å²) in [5, 5.41) is 0. The number of hydrogen-bond donors (Lipinski definition) is 0. The average molecular weight is 178 g/mol. The molecule has 0 N–H and O–H groups in total. The molecule has 0 saturated heterocycles. The van der Waals surface area contributed by atoms with E-state index in [9.17, 15) is 0 Å². The van der Waals surface area contributed by atoms with Gasteiger partial charge in [-0.1, -0.05) is 44.4 Å². The Kier molecular flexibility index (Phi) is 5.07. The van der Waals surface area contributed by atoms with Gasteiger partial charge in [-0.2, -0.15) is 0 Å². The number of hydrogen-bond acceptors (Lipinski definition) is 1. The quantitative estimate of drug-likeness (QED) is 0.604. The number of unbranched alkanes of at least 4 members (excludes halogenated alkanes) is 3. The van der Waals surface area contributed by atoms with Crippen LogP contribution >= 0.6 is 0 Å². The second-order valence-corrected chi connectivity index (χ2v) is 3.22. The highest BCUT2D eigenvalue weighted by Crippen LogP contribution is 2.09. The van der Waals surface area contributed by atoms with Crippen molar-refractivity contribution in [2.45, 2.75) is 32.6 Å². The van der Waals surface area contributed by atoms with Crippen molar-refractivity contribution in [2.75, 3.05) is 6.61 Å². The third kappa shape index (κ3) is 4.56. The van der Waals surface area contributed by atoms with Gasteiger partial charge in [-0.3, -0.25) is 0 Å². The Balaban J connectivity index is 2.07. The first-order valence-corrected chi connectivity index (χ1v) is 5.11. The van der Waals surface area contributed by atoms with Crippen LogP contribution in [-0.2, 0) is 0 Å². The Labute approximate surface area is 80.7 Å². The third-order valence-corrected chi connectivity index (χ3v) is 2.01. The summed E-state index contributed by atoms with van der Waals surface area (Å²) in [6, 6.07) is 10.0. The van der Waals surface area contributed by atoms with Crippen LogP contribution in [0.3, 0.4) is 0 Å². The molecule has 0 fully saturated rings. The summed E-state index contributed by atoms with van der Waals surface area (Å²) in [6.07, 6.45) is 5.05. The predicted molar refractivity (Wildman–Crippen MR) is 56.1 cm³/mol. The lowest BCUT2D eigenvalue weighted by Gasteiger charge is -2.04. The van der Waals surface area contributed by atoms with Gasteiger partial charge in [0, 0.05) is 0 Å². The molecule has 1 rings (SSSR count). The molecule has 1 aromatic carbocycles. The molecule has 13 heavy (non-hydrogen) atoms. The van der Waals surface area contributed by atoms with Crippen LogP contribution in [0.4, 0.5) is 0 Å². The predicted octanol–water partition coefficient (Wildman–Crippen LogP) is 3.65. The second-order valence-electron chi connectivity index (χ2n) is 3.22. The zero-order chi connectivity index (χ0) is 9.36. The summed E-state index contributed by atoms with van der Waals surface area (Å²) in [5.74, 6) is 0.985. The zero-order valence-corrected chi connectivity index (χ0v) is 8.33. The molecule has 1 nitrogen and oxygen atoms in total. The lowest BCUT2D eigenvalue weighted by molar-refractivity contribution is 0.305. The molecule has 0 aromatic heterocycles. The molecular weight excluding hydrogens is 160 g/mol. The Hall–Kier alpha value is -0.980. The van der Waals surface area contributed by atoms with Gasteiger partial charge in [0.2, 0.25) is 0 Å². The molecule has 0 heterocycles. The van der Waals surface area contributed by atoms with Gasteiger partial charge in [0.25, 0.3) is 0 Å². The summed E-state index contributed by atoms with van der Waals surface area (Å²) < 4.78 is 5.55. The molecule has 0 radical (unpaired) electrons. The van der Waals surface area contributed by atoms with Gasteiger partial charge in [0.05, 0.1) is 6.61 Å². The van der Waals surface area contributed by atoms with Crippen molar-refractivity contribution >= 4 is 0 Å². The highest BCUT2D eigenvalue weighted by atomic mass is 16.5. The van der Waals surface area contributed by atoms with E-state index in [1.165, 1.54) is 25.7 Å². The maximum Gasteiger partial charge on any atom is 0.119 e. The van der Waals surface area contributed by atoms with Gasteiger partial charge in [-0.15, -0.1) is 0 Å². The fourth-order valence-corrected chi connectivity index (χ4v) is 1.24. The van der Waals surface area contributed by atoms with E-state index in [-0.39, 0.29) is 0 Å². The smallest absolute Gasteiger partial charge is 0.119 e. The largest absolute Gasteiger partial charge is 0.494 e. The van der Waals surface area contributed by atoms with E-state index in [1.807, 2.05) is 30.3 Å². The Morgan fingerprint density at radius 2 is 1.77 bits per heavy atom. The van der Waals surface area contributed by atoms with Crippen molar-refractivity contribution in [3.63, 3.8) is 0 Å². The highest BCUT2D eigenvalue weighted by Gasteiger charge is 1.90. The monoisotopic (exact) mass is 178 g/mol. The number of para-hydroxylation sites is 1. The van der Waals surface area contributed by atoms with E-state index in [1.54, 1.807) is 0 Å². The van der Waals surface area contributed by atoms with E-state index in [0.717, 1.165) is 12.4 Å². The molecule has 0 amide bonds. The van der Waals surface area contributed by atoms with Gasteiger partial charge in [0.15, 0.2) is 0 Å². The molecule has 1 aromatic rings. The van der Waals surface area contributed by atoms with Crippen molar-refractivity contribution in [2.24, 2.45) is 0 Å². The van der Waals surface area contributed by atoms with Gasteiger partial charge < -0.3 is 4.74 Å². The minimum Gasteiger partial charge on any atom is -0.494 e. The molecule has 0 unspecified atom stereocenters. The molecule has 0 spiro atoms. The molecule has 0 aliphatic carbocycles. The minimum absolute atomic E-state index is 0.851. The van der Waals surface area contributed by atoms with Crippen LogP contribution in [0.5, 0.6) is 5.75 Å². The van der Waals surface area contributed by atoms with Crippen LogP contribution < -0.4 is 4.74 Å². The first-order valence-electron chi connectivity index (χ1n) is 5.11. The molecule has 72 valence electrons. The first kappa shape index (κ1) is 10.1. The topological polar surface area (TPSA) is 9.23 Å². The SMILES string of the molecule is CCCCCCOc1ccccc1. The van der Waals surface area contributed by atoms with Gasteiger partial charge in [-0.25, -0.2) is 0 Å². The fraction of sp³-hybridized carbons (Fsp3) is 0.500. The Morgan fingerprint density at radius 3 is 2.46 bits per heavy atom. The van der Waals surface area contributed by atoms with E-state index in [0.29, 0.717) is 0 Å². The normalized spacial score (nSPS) is 9.92. The lowest BCUT2D eigenvalue weighted by atomic mass is 10.2. The van der Waals surface area contributed by atoms with E-state index in [4.69, 9.17) is 4.74 Å².